The van der Waals surface area contributed by atoms with Gasteiger partial charge >= 0.3 is 5.97 Å². The second-order valence-corrected chi connectivity index (χ2v) is 4.67. The third kappa shape index (κ3) is 2.85. The maximum absolute atomic E-state index is 11.7. The molecule has 0 atom stereocenters. The molecule has 0 bridgehead atoms. The minimum atomic E-state index is -0.456. The Morgan fingerprint density at radius 2 is 2.05 bits per heavy atom. The molecule has 2 aromatic rings. The van der Waals surface area contributed by atoms with Crippen LogP contribution in [0.25, 0.3) is 11.3 Å². The zero-order chi connectivity index (χ0) is 14.0. The van der Waals surface area contributed by atoms with Crippen LogP contribution in [0.1, 0.15) is 17.3 Å². The van der Waals surface area contributed by atoms with Crippen molar-refractivity contribution >= 4 is 35.0 Å². The SMILES string of the molecule is CCOC(=O)c1cc(-c2ccc(Cl)c(Cl)c2)[nH]c1N. The lowest BCUT2D eigenvalue weighted by Crippen LogP contribution is -2.05. The van der Waals surface area contributed by atoms with Gasteiger partial charge in [0, 0.05) is 5.69 Å². The molecule has 1 aromatic heterocycles. The lowest BCUT2D eigenvalue weighted by Gasteiger charge is -2.00. The third-order valence-corrected chi connectivity index (χ3v) is 3.31. The van der Waals surface area contributed by atoms with Gasteiger partial charge in [-0.3, -0.25) is 0 Å². The summed E-state index contributed by atoms with van der Waals surface area (Å²) in [6.45, 7) is 2.03. The van der Waals surface area contributed by atoms with Gasteiger partial charge in [0.1, 0.15) is 11.4 Å². The maximum Gasteiger partial charge on any atom is 0.341 e. The van der Waals surface area contributed by atoms with Gasteiger partial charge in [-0.05, 0) is 30.7 Å². The number of aromatic nitrogens is 1. The summed E-state index contributed by atoms with van der Waals surface area (Å²) in [5, 5.41) is 0.903. The number of carbonyl (C=O) groups is 1. The summed E-state index contributed by atoms with van der Waals surface area (Å²) in [6, 6.07) is 6.80. The van der Waals surface area contributed by atoms with Crippen molar-refractivity contribution < 1.29 is 9.53 Å². The first-order chi connectivity index (χ1) is 9.02. The van der Waals surface area contributed by atoms with E-state index in [4.69, 9.17) is 33.7 Å². The molecule has 0 fully saturated rings. The largest absolute Gasteiger partial charge is 0.462 e. The highest BCUT2D eigenvalue weighted by Crippen LogP contribution is 2.30. The Bertz CT molecular complexity index is 623. The number of esters is 1. The molecule has 3 N–H and O–H groups in total. The molecule has 100 valence electrons. The number of halogens is 2. The summed E-state index contributed by atoms with van der Waals surface area (Å²) in [4.78, 5) is 14.6. The van der Waals surface area contributed by atoms with Crippen molar-refractivity contribution in [1.82, 2.24) is 4.98 Å². The van der Waals surface area contributed by atoms with E-state index in [0.29, 0.717) is 27.9 Å². The molecule has 0 aliphatic heterocycles. The minimum absolute atomic E-state index is 0.263. The summed E-state index contributed by atoms with van der Waals surface area (Å²) < 4.78 is 4.91. The third-order valence-electron chi connectivity index (χ3n) is 2.57. The summed E-state index contributed by atoms with van der Waals surface area (Å²) in [7, 11) is 0. The van der Waals surface area contributed by atoms with Gasteiger partial charge in [-0.15, -0.1) is 0 Å². The molecule has 0 aliphatic carbocycles. The van der Waals surface area contributed by atoms with Crippen LogP contribution < -0.4 is 5.73 Å². The highest BCUT2D eigenvalue weighted by atomic mass is 35.5. The van der Waals surface area contributed by atoms with Crippen LogP contribution in [0.15, 0.2) is 24.3 Å². The number of H-pyrrole nitrogens is 1. The molecular weight excluding hydrogens is 287 g/mol. The molecule has 0 amide bonds. The van der Waals surface area contributed by atoms with Gasteiger partial charge in [0.15, 0.2) is 0 Å². The van der Waals surface area contributed by atoms with E-state index in [9.17, 15) is 4.79 Å². The highest BCUT2D eigenvalue weighted by molar-refractivity contribution is 6.42. The summed E-state index contributed by atoms with van der Waals surface area (Å²) in [5.74, 6) is -0.193. The molecule has 0 unspecified atom stereocenters. The Kier molecular flexibility index (Phi) is 4.02. The number of nitrogen functional groups attached to an aromatic ring is 1. The van der Waals surface area contributed by atoms with Gasteiger partial charge < -0.3 is 15.5 Å². The van der Waals surface area contributed by atoms with Gasteiger partial charge in [-0.2, -0.15) is 0 Å². The van der Waals surface area contributed by atoms with Crippen molar-refractivity contribution in [3.05, 3.63) is 39.9 Å². The van der Waals surface area contributed by atoms with E-state index >= 15 is 0 Å². The predicted molar refractivity (Wildman–Crippen MR) is 76.6 cm³/mol. The van der Waals surface area contributed by atoms with Gasteiger partial charge in [0.05, 0.1) is 16.7 Å². The number of ether oxygens (including phenoxy) is 1. The summed E-state index contributed by atoms with van der Waals surface area (Å²) >= 11 is 11.8. The normalized spacial score (nSPS) is 10.5. The number of nitrogens with one attached hydrogen (secondary N) is 1. The standard InChI is InChI=1S/C13H12Cl2N2O2/c1-2-19-13(18)8-6-11(17-12(8)16)7-3-4-9(14)10(15)5-7/h3-6,17H,2,16H2,1H3. The Hall–Kier alpha value is -1.65. The zero-order valence-corrected chi connectivity index (χ0v) is 11.7. The van der Waals surface area contributed by atoms with Gasteiger partial charge in [0.25, 0.3) is 0 Å². The molecule has 2 rings (SSSR count). The van der Waals surface area contributed by atoms with Crippen molar-refractivity contribution in [3.63, 3.8) is 0 Å². The molecule has 19 heavy (non-hydrogen) atoms. The predicted octanol–water partition coefficient (Wildman–Crippen LogP) is 3.75. The first-order valence-electron chi connectivity index (χ1n) is 5.64. The van der Waals surface area contributed by atoms with Crippen LogP contribution in [0.4, 0.5) is 5.82 Å². The second kappa shape index (κ2) is 5.55. The number of nitrogens with two attached hydrogens (primary N) is 1. The fourth-order valence-corrected chi connectivity index (χ4v) is 1.97. The number of hydrogen-bond donors (Lipinski definition) is 2. The van der Waals surface area contributed by atoms with E-state index in [1.807, 2.05) is 0 Å². The highest BCUT2D eigenvalue weighted by Gasteiger charge is 2.15. The van der Waals surface area contributed by atoms with E-state index < -0.39 is 5.97 Å². The maximum atomic E-state index is 11.7. The fourth-order valence-electron chi connectivity index (χ4n) is 1.67. The van der Waals surface area contributed by atoms with Crippen LogP contribution in [0.5, 0.6) is 0 Å². The number of aromatic amines is 1. The van der Waals surface area contributed by atoms with Crippen molar-refractivity contribution in [2.24, 2.45) is 0 Å². The number of anilines is 1. The van der Waals surface area contributed by atoms with Gasteiger partial charge in [0.2, 0.25) is 0 Å². The van der Waals surface area contributed by atoms with E-state index in [1.54, 1.807) is 31.2 Å². The first-order valence-corrected chi connectivity index (χ1v) is 6.39. The van der Waals surface area contributed by atoms with E-state index in [0.717, 1.165) is 5.56 Å². The van der Waals surface area contributed by atoms with Crippen molar-refractivity contribution in [3.8, 4) is 11.3 Å². The van der Waals surface area contributed by atoms with Crippen LogP contribution in [0, 0.1) is 0 Å². The smallest absolute Gasteiger partial charge is 0.341 e. The fraction of sp³-hybridized carbons (Fsp3) is 0.154. The minimum Gasteiger partial charge on any atom is -0.462 e. The number of hydrogen-bond acceptors (Lipinski definition) is 3. The van der Waals surface area contributed by atoms with Crippen molar-refractivity contribution in [2.45, 2.75) is 6.92 Å². The number of carbonyl (C=O) groups excluding carboxylic acids is 1. The number of benzene rings is 1. The van der Waals surface area contributed by atoms with Crippen molar-refractivity contribution in [1.29, 1.82) is 0 Å². The Labute approximate surface area is 120 Å². The molecule has 6 heteroatoms. The average Bonchev–Trinajstić information content (AvgIpc) is 2.75. The average molecular weight is 299 g/mol. The van der Waals surface area contributed by atoms with Gasteiger partial charge in [-0.25, -0.2) is 4.79 Å². The Morgan fingerprint density at radius 1 is 1.32 bits per heavy atom. The monoisotopic (exact) mass is 298 g/mol. The van der Waals surface area contributed by atoms with E-state index in [1.165, 1.54) is 0 Å². The van der Waals surface area contributed by atoms with E-state index in [2.05, 4.69) is 4.98 Å². The molecule has 0 saturated carbocycles. The van der Waals surface area contributed by atoms with Crippen LogP contribution in [0.3, 0.4) is 0 Å². The lowest BCUT2D eigenvalue weighted by molar-refractivity contribution is 0.0528. The molecular formula is C13H12Cl2N2O2. The van der Waals surface area contributed by atoms with Crippen LogP contribution >= 0.6 is 23.2 Å². The molecule has 1 heterocycles. The topological polar surface area (TPSA) is 68.1 Å². The van der Waals surface area contributed by atoms with Crippen LogP contribution in [0.2, 0.25) is 10.0 Å². The molecule has 0 spiro atoms. The van der Waals surface area contributed by atoms with Crippen LogP contribution in [-0.2, 0) is 4.74 Å². The summed E-state index contributed by atoms with van der Waals surface area (Å²) in [5.41, 5.74) is 7.54. The Balaban J connectivity index is 2.38. The first kappa shape index (κ1) is 13.8. The second-order valence-electron chi connectivity index (χ2n) is 3.86. The zero-order valence-electron chi connectivity index (χ0n) is 10.2. The van der Waals surface area contributed by atoms with Crippen LogP contribution in [-0.4, -0.2) is 17.6 Å². The van der Waals surface area contributed by atoms with E-state index in [-0.39, 0.29) is 5.82 Å². The number of rotatable bonds is 3. The quantitative estimate of drug-likeness (QED) is 0.848. The Morgan fingerprint density at radius 3 is 2.68 bits per heavy atom. The summed E-state index contributed by atoms with van der Waals surface area (Å²) in [6.07, 6.45) is 0. The lowest BCUT2D eigenvalue weighted by atomic mass is 10.1. The molecule has 0 saturated heterocycles. The van der Waals surface area contributed by atoms with Crippen molar-refractivity contribution in [2.75, 3.05) is 12.3 Å². The molecule has 0 aliphatic rings. The molecule has 0 radical (unpaired) electrons. The molecule has 4 nitrogen and oxygen atoms in total. The van der Waals surface area contributed by atoms with Gasteiger partial charge in [-0.1, -0.05) is 29.3 Å². The molecule has 1 aromatic carbocycles.